The van der Waals surface area contributed by atoms with Gasteiger partial charge in [0.15, 0.2) is 5.82 Å². The van der Waals surface area contributed by atoms with Gasteiger partial charge in [0.2, 0.25) is 5.91 Å². The minimum absolute atomic E-state index is 0.0865. The molecular formula is C23H24ClF2N5O2. The molecular weight excluding hydrogens is 452 g/mol. The maximum Gasteiger partial charge on any atom is 0.351 e. The highest BCUT2D eigenvalue weighted by Crippen LogP contribution is 2.31. The molecule has 0 atom stereocenters. The molecule has 174 valence electrons. The lowest BCUT2D eigenvalue weighted by Gasteiger charge is -2.31. The van der Waals surface area contributed by atoms with Gasteiger partial charge in [-0.05, 0) is 31.0 Å². The molecule has 10 heteroatoms. The van der Waals surface area contributed by atoms with E-state index in [1.54, 1.807) is 17.2 Å². The van der Waals surface area contributed by atoms with Gasteiger partial charge in [0.05, 0.1) is 16.8 Å². The first kappa shape index (κ1) is 23.1. The standard InChI is InChI=1S/C23H24ClF2N5O2/c1-3-20(32)29-12-9-17(10-13-29)31-22(33)30(16-6-4-15(5-7-16)23(2,25)26)21(28-31)18-8-11-27-14-19(18)24/h4-8,11,14,17H,3,9-10,12-13H2,1-2H3. The maximum atomic E-state index is 13.7. The number of aromatic nitrogens is 4. The van der Waals surface area contributed by atoms with Crippen molar-refractivity contribution in [1.29, 1.82) is 0 Å². The predicted molar refractivity (Wildman–Crippen MR) is 121 cm³/mol. The number of amides is 1. The summed E-state index contributed by atoms with van der Waals surface area (Å²) in [6.07, 6.45) is 4.63. The number of pyridine rings is 1. The van der Waals surface area contributed by atoms with Gasteiger partial charge in [0.25, 0.3) is 5.92 Å². The van der Waals surface area contributed by atoms with Crippen LogP contribution in [0.1, 0.15) is 44.7 Å². The quantitative estimate of drug-likeness (QED) is 0.547. The Kier molecular flexibility index (Phi) is 6.34. The summed E-state index contributed by atoms with van der Waals surface area (Å²) in [6, 6.07) is 7.00. The van der Waals surface area contributed by atoms with E-state index in [1.165, 1.54) is 39.7 Å². The molecule has 1 amide bonds. The molecule has 3 aromatic rings. The zero-order chi connectivity index (χ0) is 23.8. The smallest absolute Gasteiger partial charge is 0.343 e. The molecule has 0 saturated carbocycles. The molecule has 4 rings (SSSR count). The topological polar surface area (TPSA) is 73.0 Å². The first-order valence-electron chi connectivity index (χ1n) is 10.8. The summed E-state index contributed by atoms with van der Waals surface area (Å²) < 4.78 is 30.2. The zero-order valence-electron chi connectivity index (χ0n) is 18.3. The average Bonchev–Trinajstić information content (AvgIpc) is 3.15. The predicted octanol–water partition coefficient (Wildman–Crippen LogP) is 4.43. The first-order valence-corrected chi connectivity index (χ1v) is 11.2. The minimum Gasteiger partial charge on any atom is -0.343 e. The Morgan fingerprint density at radius 3 is 2.42 bits per heavy atom. The Labute approximate surface area is 194 Å². The number of alkyl halides is 2. The fraction of sp³-hybridized carbons (Fsp3) is 0.391. The Morgan fingerprint density at radius 2 is 1.85 bits per heavy atom. The Hall–Kier alpha value is -3.07. The van der Waals surface area contributed by atoms with Crippen LogP contribution in [0.3, 0.4) is 0 Å². The molecule has 1 fully saturated rings. The molecule has 7 nitrogen and oxygen atoms in total. The molecule has 1 saturated heterocycles. The third-order valence-corrected chi connectivity index (χ3v) is 6.21. The van der Waals surface area contributed by atoms with E-state index in [4.69, 9.17) is 11.6 Å². The van der Waals surface area contributed by atoms with Crippen LogP contribution in [0.5, 0.6) is 0 Å². The molecule has 0 spiro atoms. The lowest BCUT2D eigenvalue weighted by Crippen LogP contribution is -2.41. The van der Waals surface area contributed by atoms with Gasteiger partial charge >= 0.3 is 5.69 Å². The van der Waals surface area contributed by atoms with Gasteiger partial charge in [-0.3, -0.25) is 9.78 Å². The lowest BCUT2D eigenvalue weighted by molar-refractivity contribution is -0.132. The molecule has 0 unspecified atom stereocenters. The van der Waals surface area contributed by atoms with E-state index in [0.29, 0.717) is 54.4 Å². The summed E-state index contributed by atoms with van der Waals surface area (Å²) >= 11 is 6.35. The van der Waals surface area contributed by atoms with Crippen LogP contribution in [0.4, 0.5) is 8.78 Å². The minimum atomic E-state index is -2.99. The van der Waals surface area contributed by atoms with Crippen molar-refractivity contribution in [2.45, 2.75) is 45.1 Å². The average molecular weight is 476 g/mol. The normalized spacial score (nSPS) is 15.1. The highest BCUT2D eigenvalue weighted by atomic mass is 35.5. The number of hydrogen-bond donors (Lipinski definition) is 0. The van der Waals surface area contributed by atoms with Crippen LogP contribution in [-0.4, -0.2) is 43.2 Å². The first-order chi connectivity index (χ1) is 15.7. The molecule has 2 aromatic heterocycles. The van der Waals surface area contributed by atoms with Gasteiger partial charge in [-0.25, -0.2) is 22.8 Å². The van der Waals surface area contributed by atoms with Crippen LogP contribution >= 0.6 is 11.6 Å². The van der Waals surface area contributed by atoms with Gasteiger partial charge in [0.1, 0.15) is 0 Å². The number of carbonyl (C=O) groups is 1. The molecule has 3 heterocycles. The van der Waals surface area contributed by atoms with Crippen molar-refractivity contribution in [1.82, 2.24) is 24.2 Å². The van der Waals surface area contributed by atoms with Crippen molar-refractivity contribution in [2.24, 2.45) is 0 Å². The number of rotatable bonds is 5. The van der Waals surface area contributed by atoms with Crippen LogP contribution < -0.4 is 5.69 Å². The van der Waals surface area contributed by atoms with E-state index in [0.717, 1.165) is 6.92 Å². The fourth-order valence-electron chi connectivity index (χ4n) is 4.07. The number of benzene rings is 1. The van der Waals surface area contributed by atoms with Crippen molar-refractivity contribution < 1.29 is 13.6 Å². The summed E-state index contributed by atoms with van der Waals surface area (Å²) in [5.41, 5.74) is 0.365. The zero-order valence-corrected chi connectivity index (χ0v) is 19.1. The van der Waals surface area contributed by atoms with E-state index < -0.39 is 11.6 Å². The van der Waals surface area contributed by atoms with Gasteiger partial charge in [-0.1, -0.05) is 30.7 Å². The SMILES string of the molecule is CCC(=O)N1CCC(n2nc(-c3ccncc3Cl)n(-c3ccc(C(C)(F)F)cc3)c2=O)CC1. The number of nitrogens with zero attached hydrogens (tertiary/aromatic N) is 5. The van der Waals surface area contributed by atoms with E-state index in [-0.39, 0.29) is 17.5 Å². The molecule has 0 radical (unpaired) electrons. The summed E-state index contributed by atoms with van der Waals surface area (Å²) in [5, 5.41) is 4.92. The molecule has 1 aromatic carbocycles. The molecule has 1 aliphatic rings. The van der Waals surface area contributed by atoms with Crippen LogP contribution in [0, 0.1) is 0 Å². The van der Waals surface area contributed by atoms with E-state index in [1.807, 2.05) is 6.92 Å². The van der Waals surface area contributed by atoms with Crippen LogP contribution in [-0.2, 0) is 10.7 Å². The second kappa shape index (κ2) is 9.05. The number of carbonyl (C=O) groups excluding carboxylic acids is 1. The van der Waals surface area contributed by atoms with Gasteiger partial charge in [-0.2, -0.15) is 0 Å². The number of hydrogen-bond acceptors (Lipinski definition) is 4. The maximum absolute atomic E-state index is 13.7. The van der Waals surface area contributed by atoms with Crippen LogP contribution in [0.15, 0.2) is 47.5 Å². The Morgan fingerprint density at radius 1 is 1.18 bits per heavy atom. The summed E-state index contributed by atoms with van der Waals surface area (Å²) in [4.78, 5) is 31.3. The molecule has 0 N–H and O–H groups in total. The lowest BCUT2D eigenvalue weighted by atomic mass is 10.1. The summed E-state index contributed by atoms with van der Waals surface area (Å²) in [6.45, 7) is 3.74. The molecule has 33 heavy (non-hydrogen) atoms. The van der Waals surface area contributed by atoms with E-state index in [2.05, 4.69) is 10.1 Å². The Bertz CT molecular complexity index is 1210. The third-order valence-electron chi connectivity index (χ3n) is 5.91. The summed E-state index contributed by atoms with van der Waals surface area (Å²) in [7, 11) is 0. The van der Waals surface area contributed by atoms with Crippen molar-refractivity contribution >= 4 is 17.5 Å². The van der Waals surface area contributed by atoms with Gasteiger partial charge < -0.3 is 4.90 Å². The highest BCUT2D eigenvalue weighted by molar-refractivity contribution is 6.33. The fourth-order valence-corrected chi connectivity index (χ4v) is 4.27. The third kappa shape index (κ3) is 4.55. The monoisotopic (exact) mass is 475 g/mol. The van der Waals surface area contributed by atoms with Crippen LogP contribution in [0.25, 0.3) is 17.1 Å². The Balaban J connectivity index is 1.78. The van der Waals surface area contributed by atoms with Gasteiger partial charge in [0, 0.05) is 50.0 Å². The largest absolute Gasteiger partial charge is 0.351 e. The molecule has 1 aliphatic heterocycles. The van der Waals surface area contributed by atoms with Crippen LogP contribution in [0.2, 0.25) is 5.02 Å². The number of halogens is 3. The van der Waals surface area contributed by atoms with Crippen molar-refractivity contribution in [2.75, 3.05) is 13.1 Å². The number of likely N-dealkylation sites (tertiary alicyclic amines) is 1. The second-order valence-electron chi connectivity index (χ2n) is 8.14. The van der Waals surface area contributed by atoms with E-state index in [9.17, 15) is 18.4 Å². The van der Waals surface area contributed by atoms with Gasteiger partial charge in [-0.15, -0.1) is 5.10 Å². The van der Waals surface area contributed by atoms with Crippen molar-refractivity contribution in [3.05, 3.63) is 63.8 Å². The summed E-state index contributed by atoms with van der Waals surface area (Å²) in [5.74, 6) is -2.60. The van der Waals surface area contributed by atoms with E-state index >= 15 is 0 Å². The molecule has 0 aliphatic carbocycles. The highest BCUT2D eigenvalue weighted by Gasteiger charge is 2.29. The van der Waals surface area contributed by atoms with Crippen molar-refractivity contribution in [3.8, 4) is 17.1 Å². The second-order valence-corrected chi connectivity index (χ2v) is 8.55. The van der Waals surface area contributed by atoms with Crippen molar-refractivity contribution in [3.63, 3.8) is 0 Å². The number of piperidine rings is 1. The molecule has 0 bridgehead atoms.